The summed E-state index contributed by atoms with van der Waals surface area (Å²) >= 11 is 0. The number of methoxy groups -OCH3 is 1. The van der Waals surface area contributed by atoms with Crippen molar-refractivity contribution in [2.45, 2.75) is 25.7 Å². The minimum absolute atomic E-state index is 0.309. The van der Waals surface area contributed by atoms with Gasteiger partial charge >= 0.3 is 6.03 Å². The van der Waals surface area contributed by atoms with Crippen LogP contribution in [0.15, 0.2) is 42.6 Å². The Balaban J connectivity index is 1.45. The fraction of sp³-hybridized carbons (Fsp3) is 0.320. The van der Waals surface area contributed by atoms with Gasteiger partial charge in [0.25, 0.3) is 0 Å². The summed E-state index contributed by atoms with van der Waals surface area (Å²) in [5.74, 6) is 1.74. The van der Waals surface area contributed by atoms with Crippen LogP contribution in [0, 0.1) is 6.92 Å². The second-order valence-electron chi connectivity index (χ2n) is 8.75. The van der Waals surface area contributed by atoms with E-state index >= 15 is 0 Å². The van der Waals surface area contributed by atoms with E-state index in [4.69, 9.17) is 9.72 Å². The molecule has 33 heavy (non-hydrogen) atoms. The maximum absolute atomic E-state index is 12.2. The van der Waals surface area contributed by atoms with Gasteiger partial charge in [-0.2, -0.15) is 0 Å². The first-order valence-electron chi connectivity index (χ1n) is 11.2. The summed E-state index contributed by atoms with van der Waals surface area (Å²) in [4.78, 5) is 23.8. The lowest BCUT2D eigenvalue weighted by Crippen LogP contribution is -2.29. The normalized spacial score (nSPS) is 16.2. The Labute approximate surface area is 193 Å². The zero-order chi connectivity index (χ0) is 22.9. The summed E-state index contributed by atoms with van der Waals surface area (Å²) in [6.45, 7) is 4.21. The maximum Gasteiger partial charge on any atom is 0.323 e. The fourth-order valence-electron chi connectivity index (χ4n) is 4.51. The predicted octanol–water partition coefficient (Wildman–Crippen LogP) is 4.97. The van der Waals surface area contributed by atoms with Crippen molar-refractivity contribution in [2.75, 3.05) is 43.2 Å². The van der Waals surface area contributed by atoms with Crippen molar-refractivity contribution in [1.82, 2.24) is 14.9 Å². The van der Waals surface area contributed by atoms with E-state index in [0.29, 0.717) is 23.2 Å². The van der Waals surface area contributed by atoms with Crippen LogP contribution in [0.1, 0.15) is 29.9 Å². The molecule has 2 aromatic carbocycles. The number of urea groups is 1. The first kappa shape index (κ1) is 21.2. The highest BCUT2D eigenvalue weighted by Gasteiger charge is 2.22. The molecule has 0 radical (unpaired) electrons. The largest absolute Gasteiger partial charge is 0.495 e. The van der Waals surface area contributed by atoms with Gasteiger partial charge in [-0.1, -0.05) is 18.2 Å². The Kier molecular flexibility index (Phi) is 5.60. The molecule has 3 aromatic rings. The van der Waals surface area contributed by atoms with Crippen LogP contribution in [-0.4, -0.2) is 48.1 Å². The molecule has 1 aromatic heterocycles. The van der Waals surface area contributed by atoms with Gasteiger partial charge in [-0.25, -0.2) is 14.8 Å². The van der Waals surface area contributed by atoms with Crippen molar-refractivity contribution in [1.29, 1.82) is 0 Å². The van der Waals surface area contributed by atoms with E-state index in [1.807, 2.05) is 31.2 Å². The Hall–Kier alpha value is -3.65. The van der Waals surface area contributed by atoms with Crippen molar-refractivity contribution >= 4 is 29.0 Å². The molecule has 1 fully saturated rings. The summed E-state index contributed by atoms with van der Waals surface area (Å²) in [6.07, 6.45) is 3.93. The number of benzene rings is 2. The number of fused-ring (bicyclic) bond motifs is 3. The van der Waals surface area contributed by atoms with Gasteiger partial charge in [0, 0.05) is 5.56 Å². The maximum atomic E-state index is 12.2. The number of nitrogens with one attached hydrogen (secondary N) is 3. The third-order valence-corrected chi connectivity index (χ3v) is 6.38. The molecule has 0 atom stereocenters. The second-order valence-corrected chi connectivity index (χ2v) is 8.75. The molecular formula is C25H28N6O2. The number of hydrogen-bond donors (Lipinski definition) is 3. The molecule has 2 aliphatic rings. The van der Waals surface area contributed by atoms with Gasteiger partial charge in [-0.05, 0) is 75.1 Å². The van der Waals surface area contributed by atoms with E-state index in [2.05, 4.69) is 45.0 Å². The molecule has 3 heterocycles. The van der Waals surface area contributed by atoms with Crippen LogP contribution in [0.5, 0.6) is 5.75 Å². The molecule has 0 bridgehead atoms. The Morgan fingerprint density at radius 2 is 1.88 bits per heavy atom. The number of piperidine rings is 1. The van der Waals surface area contributed by atoms with Crippen LogP contribution in [-0.2, 0) is 0 Å². The van der Waals surface area contributed by atoms with Gasteiger partial charge < -0.3 is 25.6 Å². The average molecular weight is 445 g/mol. The number of amides is 2. The Morgan fingerprint density at radius 3 is 2.67 bits per heavy atom. The van der Waals surface area contributed by atoms with Crippen LogP contribution in [0.3, 0.4) is 0 Å². The first-order valence-corrected chi connectivity index (χ1v) is 11.2. The molecule has 0 aliphatic carbocycles. The molecule has 8 nitrogen and oxygen atoms in total. The van der Waals surface area contributed by atoms with Crippen LogP contribution in [0.25, 0.3) is 11.3 Å². The summed E-state index contributed by atoms with van der Waals surface area (Å²) < 4.78 is 5.69. The molecule has 170 valence electrons. The van der Waals surface area contributed by atoms with Crippen molar-refractivity contribution in [3.8, 4) is 17.0 Å². The number of nitrogens with zero attached hydrogens (tertiary/aromatic N) is 3. The number of carbonyl (C=O) groups is 1. The molecule has 1 saturated heterocycles. The van der Waals surface area contributed by atoms with Gasteiger partial charge in [0.15, 0.2) is 0 Å². The number of aromatic nitrogens is 2. The SMILES string of the molecule is COc1cc(C2CCN(C)CC2)ccc1Nc1ncc2c(n1)-c1ccc(C)cc1NC(=O)N2. The van der Waals surface area contributed by atoms with Gasteiger partial charge in [-0.3, -0.25) is 0 Å². The summed E-state index contributed by atoms with van der Waals surface area (Å²) in [6, 6.07) is 11.9. The minimum Gasteiger partial charge on any atom is -0.495 e. The number of anilines is 4. The number of hydrogen-bond acceptors (Lipinski definition) is 6. The highest BCUT2D eigenvalue weighted by molar-refractivity contribution is 6.07. The predicted molar refractivity (Wildman–Crippen MR) is 131 cm³/mol. The highest BCUT2D eigenvalue weighted by Crippen LogP contribution is 2.37. The van der Waals surface area contributed by atoms with E-state index in [9.17, 15) is 4.79 Å². The van der Waals surface area contributed by atoms with E-state index in [1.54, 1.807) is 13.3 Å². The molecule has 0 spiro atoms. The Bertz CT molecular complexity index is 1200. The third kappa shape index (κ3) is 4.34. The fourth-order valence-corrected chi connectivity index (χ4v) is 4.51. The second kappa shape index (κ2) is 8.71. The van der Waals surface area contributed by atoms with Crippen LogP contribution in [0.2, 0.25) is 0 Å². The van der Waals surface area contributed by atoms with Crippen LogP contribution < -0.4 is 20.7 Å². The van der Waals surface area contributed by atoms with Crippen molar-refractivity contribution in [3.63, 3.8) is 0 Å². The molecule has 2 aliphatic heterocycles. The molecular weight excluding hydrogens is 416 g/mol. The summed E-state index contributed by atoms with van der Waals surface area (Å²) in [5, 5.41) is 8.99. The molecule has 0 saturated carbocycles. The van der Waals surface area contributed by atoms with Crippen LogP contribution in [0.4, 0.5) is 27.8 Å². The lowest BCUT2D eigenvalue weighted by molar-refractivity contribution is 0.255. The van der Waals surface area contributed by atoms with Gasteiger partial charge in [-0.15, -0.1) is 0 Å². The first-order chi connectivity index (χ1) is 16.0. The zero-order valence-corrected chi connectivity index (χ0v) is 19.1. The summed E-state index contributed by atoms with van der Waals surface area (Å²) in [5.41, 5.74) is 5.92. The van der Waals surface area contributed by atoms with Gasteiger partial charge in [0.2, 0.25) is 5.95 Å². The third-order valence-electron chi connectivity index (χ3n) is 6.38. The molecule has 3 N–H and O–H groups in total. The number of aryl methyl sites for hydroxylation is 1. The van der Waals surface area contributed by atoms with Gasteiger partial charge in [0.1, 0.15) is 11.4 Å². The number of carbonyl (C=O) groups excluding carboxylic acids is 1. The van der Waals surface area contributed by atoms with Crippen LogP contribution >= 0.6 is 0 Å². The number of rotatable bonds is 4. The van der Waals surface area contributed by atoms with E-state index in [0.717, 1.165) is 54.2 Å². The lowest BCUT2D eigenvalue weighted by Gasteiger charge is -2.29. The lowest BCUT2D eigenvalue weighted by atomic mass is 9.89. The minimum atomic E-state index is -0.309. The number of likely N-dealkylation sites (tertiary alicyclic amines) is 1. The standard InChI is InChI=1S/C25H28N6O2/c1-15-4-6-18-20(12-15)28-25(32)29-21-14-26-24(30-23(18)21)27-19-7-5-17(13-22(19)33-3)16-8-10-31(2)11-9-16/h4-7,12-14,16H,8-11H2,1-3H3,(H,26,27,30)(H2,28,29,32). The molecule has 0 unspecified atom stereocenters. The Morgan fingerprint density at radius 1 is 1.09 bits per heavy atom. The van der Waals surface area contributed by atoms with Crippen molar-refractivity contribution in [3.05, 3.63) is 53.7 Å². The topological polar surface area (TPSA) is 91.4 Å². The van der Waals surface area contributed by atoms with Crippen molar-refractivity contribution < 1.29 is 9.53 Å². The molecule has 8 heteroatoms. The summed E-state index contributed by atoms with van der Waals surface area (Å²) in [7, 11) is 3.85. The van der Waals surface area contributed by atoms with Crippen molar-refractivity contribution in [2.24, 2.45) is 0 Å². The number of ether oxygens (including phenoxy) is 1. The molecule has 5 rings (SSSR count). The molecule has 2 amide bonds. The zero-order valence-electron chi connectivity index (χ0n) is 19.1. The van der Waals surface area contributed by atoms with E-state index < -0.39 is 0 Å². The van der Waals surface area contributed by atoms with E-state index in [-0.39, 0.29) is 6.03 Å². The average Bonchev–Trinajstić information content (AvgIpc) is 2.94. The van der Waals surface area contributed by atoms with Gasteiger partial charge in [0.05, 0.1) is 30.4 Å². The monoisotopic (exact) mass is 444 g/mol. The smallest absolute Gasteiger partial charge is 0.323 e. The van der Waals surface area contributed by atoms with E-state index in [1.165, 1.54) is 5.56 Å². The quantitative estimate of drug-likeness (QED) is 0.526. The highest BCUT2D eigenvalue weighted by atomic mass is 16.5.